The van der Waals surface area contributed by atoms with E-state index in [4.69, 9.17) is 4.74 Å². The quantitative estimate of drug-likeness (QED) is 0.287. The first-order valence-electron chi connectivity index (χ1n) is 8.95. The molecule has 0 spiro atoms. The summed E-state index contributed by atoms with van der Waals surface area (Å²) in [6.45, 7) is 1.56. The van der Waals surface area contributed by atoms with Gasteiger partial charge in [-0.05, 0) is 18.6 Å². The van der Waals surface area contributed by atoms with Gasteiger partial charge in [0.2, 0.25) is 0 Å². The number of ether oxygens (including phenoxy) is 1. The van der Waals surface area contributed by atoms with E-state index in [0.717, 1.165) is 23.5 Å². The van der Waals surface area contributed by atoms with Gasteiger partial charge in [0.05, 0.1) is 16.5 Å². The van der Waals surface area contributed by atoms with E-state index in [-0.39, 0.29) is 28.4 Å². The average molecular weight is 477 g/mol. The first kappa shape index (κ1) is 22.8. The first-order chi connectivity index (χ1) is 15.2. The molecule has 0 aliphatic heterocycles. The van der Waals surface area contributed by atoms with Gasteiger partial charge in [-0.15, -0.1) is 11.3 Å². The molecule has 3 aromatic rings. The summed E-state index contributed by atoms with van der Waals surface area (Å²) in [5.41, 5.74) is -0.481. The fraction of sp³-hybridized carbons (Fsp3) is 0.105. The molecule has 0 saturated heterocycles. The lowest BCUT2D eigenvalue weighted by Crippen LogP contribution is -2.16. The van der Waals surface area contributed by atoms with E-state index in [2.05, 4.69) is 4.72 Å². The summed E-state index contributed by atoms with van der Waals surface area (Å²) < 4.78 is 33.1. The number of carbonyl (C=O) groups excluding carboxylic acids is 1. The van der Waals surface area contributed by atoms with E-state index in [1.165, 1.54) is 41.8 Å². The van der Waals surface area contributed by atoms with Crippen LogP contribution in [-0.2, 0) is 14.8 Å². The molecule has 2 aromatic carbocycles. The molecule has 1 aromatic heterocycles. The van der Waals surface area contributed by atoms with Crippen LogP contribution in [0.4, 0.5) is 16.4 Å². The Morgan fingerprint density at radius 2 is 1.81 bits per heavy atom. The van der Waals surface area contributed by atoms with Gasteiger partial charge in [0.15, 0.2) is 4.90 Å². The second-order valence-electron chi connectivity index (χ2n) is 6.21. The van der Waals surface area contributed by atoms with Crippen LogP contribution in [-0.4, -0.2) is 30.8 Å². The average Bonchev–Trinajstić information content (AvgIpc) is 3.17. The van der Waals surface area contributed by atoms with Crippen molar-refractivity contribution >= 4 is 43.7 Å². The third-order valence-corrected chi connectivity index (χ3v) is 6.64. The molecule has 0 bridgehead atoms. The Labute approximate surface area is 185 Å². The number of hydrogen-bond donors (Lipinski definition) is 1. The van der Waals surface area contributed by atoms with Crippen LogP contribution in [0.5, 0.6) is 0 Å². The van der Waals surface area contributed by atoms with Crippen LogP contribution in [0, 0.1) is 20.2 Å². The summed E-state index contributed by atoms with van der Waals surface area (Å²) in [6.07, 6.45) is 0. The maximum atomic E-state index is 12.9. The van der Waals surface area contributed by atoms with Crippen molar-refractivity contribution in [3.8, 4) is 11.1 Å². The summed E-state index contributed by atoms with van der Waals surface area (Å²) in [4.78, 5) is 33.0. The fourth-order valence-electron chi connectivity index (χ4n) is 2.85. The van der Waals surface area contributed by atoms with Crippen molar-refractivity contribution in [2.45, 2.75) is 11.8 Å². The van der Waals surface area contributed by atoms with Gasteiger partial charge in [-0.2, -0.15) is 0 Å². The van der Waals surface area contributed by atoms with Gasteiger partial charge in [-0.3, -0.25) is 25.0 Å². The van der Waals surface area contributed by atoms with Gasteiger partial charge in [0.1, 0.15) is 10.6 Å². The molecule has 32 heavy (non-hydrogen) atoms. The minimum atomic E-state index is -4.45. The van der Waals surface area contributed by atoms with Gasteiger partial charge in [-0.1, -0.05) is 24.3 Å². The normalized spacial score (nSPS) is 11.0. The molecule has 166 valence electrons. The topological polar surface area (TPSA) is 159 Å². The summed E-state index contributed by atoms with van der Waals surface area (Å²) in [7, 11) is -4.45. The highest BCUT2D eigenvalue weighted by Crippen LogP contribution is 2.39. The number of para-hydroxylation sites is 1. The molecule has 1 heterocycles. The lowest BCUT2D eigenvalue weighted by molar-refractivity contribution is -0.387. The van der Waals surface area contributed by atoms with E-state index in [9.17, 15) is 33.4 Å². The molecule has 0 aliphatic rings. The number of hydrogen-bond acceptors (Lipinski definition) is 9. The fourth-order valence-corrected chi connectivity index (χ4v) is 5.30. The Balaban J connectivity index is 2.12. The van der Waals surface area contributed by atoms with Crippen LogP contribution in [0.3, 0.4) is 0 Å². The summed E-state index contributed by atoms with van der Waals surface area (Å²) >= 11 is 0.844. The van der Waals surface area contributed by atoms with Crippen LogP contribution in [0.2, 0.25) is 0 Å². The van der Waals surface area contributed by atoms with Crippen molar-refractivity contribution in [2.24, 2.45) is 0 Å². The highest BCUT2D eigenvalue weighted by molar-refractivity contribution is 7.93. The van der Waals surface area contributed by atoms with Crippen molar-refractivity contribution in [3.63, 3.8) is 0 Å². The van der Waals surface area contributed by atoms with Gasteiger partial charge < -0.3 is 4.74 Å². The molecule has 13 heteroatoms. The third-order valence-electron chi connectivity index (χ3n) is 4.22. The molecule has 0 amide bonds. The Morgan fingerprint density at radius 3 is 2.47 bits per heavy atom. The van der Waals surface area contributed by atoms with Crippen molar-refractivity contribution < 1.29 is 27.8 Å². The smallest absolute Gasteiger partial charge is 0.341 e. The molecule has 3 rings (SSSR count). The minimum absolute atomic E-state index is 0.000591. The van der Waals surface area contributed by atoms with E-state index in [0.29, 0.717) is 5.56 Å². The molecular weight excluding hydrogens is 462 g/mol. The number of nitro benzene ring substituents is 2. The highest BCUT2D eigenvalue weighted by atomic mass is 32.2. The zero-order valence-corrected chi connectivity index (χ0v) is 18.0. The first-order valence-corrected chi connectivity index (χ1v) is 11.3. The van der Waals surface area contributed by atoms with Crippen molar-refractivity contribution in [1.82, 2.24) is 0 Å². The number of nitrogens with one attached hydrogen (secondary N) is 1. The number of thiophene rings is 1. The van der Waals surface area contributed by atoms with E-state index < -0.39 is 36.4 Å². The van der Waals surface area contributed by atoms with E-state index >= 15 is 0 Å². The Kier molecular flexibility index (Phi) is 6.50. The molecule has 0 saturated carbocycles. The minimum Gasteiger partial charge on any atom is -0.462 e. The number of sulfonamides is 1. The number of nitro groups is 2. The second-order valence-corrected chi connectivity index (χ2v) is 8.74. The third kappa shape index (κ3) is 4.58. The molecular formula is C19H15N3O8S2. The lowest BCUT2D eigenvalue weighted by Gasteiger charge is -2.10. The molecule has 1 N–H and O–H groups in total. The van der Waals surface area contributed by atoms with Crippen LogP contribution in [0.15, 0.2) is 58.8 Å². The summed E-state index contributed by atoms with van der Waals surface area (Å²) in [6, 6.07) is 10.2. The zero-order chi connectivity index (χ0) is 23.5. The van der Waals surface area contributed by atoms with Crippen molar-refractivity contribution in [3.05, 3.63) is 79.7 Å². The summed E-state index contributed by atoms with van der Waals surface area (Å²) in [5.74, 6) is -0.851. The van der Waals surface area contributed by atoms with Gasteiger partial charge in [-0.25, -0.2) is 13.2 Å². The predicted molar refractivity (Wildman–Crippen MR) is 116 cm³/mol. The largest absolute Gasteiger partial charge is 0.462 e. The highest BCUT2D eigenvalue weighted by Gasteiger charge is 2.29. The number of esters is 1. The van der Waals surface area contributed by atoms with Crippen molar-refractivity contribution in [2.75, 3.05) is 11.3 Å². The number of non-ortho nitro benzene ring substituents is 1. The van der Waals surface area contributed by atoms with Crippen LogP contribution in [0.1, 0.15) is 17.3 Å². The lowest BCUT2D eigenvalue weighted by atomic mass is 10.0. The SMILES string of the molecule is CCOC(=O)c1c(-c2cccc([N+](=O)[O-])c2)csc1NS(=O)(=O)c1ccccc1[N+](=O)[O-]. The molecule has 0 radical (unpaired) electrons. The standard InChI is InChI=1S/C19H15N3O8S2/c1-2-30-19(23)17-14(12-6-5-7-13(10-12)21(24)25)11-31-18(17)20-32(28,29)16-9-4-3-8-15(16)22(26)27/h3-11,20H,2H2,1H3. The number of nitrogens with zero attached hydrogens (tertiary/aromatic N) is 2. The maximum Gasteiger partial charge on any atom is 0.341 e. The summed E-state index contributed by atoms with van der Waals surface area (Å²) in [5, 5.41) is 23.7. The Bertz CT molecular complexity index is 1320. The maximum absolute atomic E-state index is 12.9. The Hall–Kier alpha value is -3.84. The van der Waals surface area contributed by atoms with Crippen LogP contribution >= 0.6 is 11.3 Å². The van der Waals surface area contributed by atoms with Crippen LogP contribution < -0.4 is 4.72 Å². The Morgan fingerprint density at radius 1 is 1.09 bits per heavy atom. The number of rotatable bonds is 8. The second kappa shape index (κ2) is 9.11. The van der Waals surface area contributed by atoms with Gasteiger partial charge in [0.25, 0.3) is 21.4 Å². The van der Waals surface area contributed by atoms with Gasteiger partial charge in [0, 0.05) is 29.1 Å². The number of anilines is 1. The molecule has 0 atom stereocenters. The molecule has 11 nitrogen and oxygen atoms in total. The van der Waals surface area contributed by atoms with E-state index in [1.54, 1.807) is 6.92 Å². The monoisotopic (exact) mass is 477 g/mol. The van der Waals surface area contributed by atoms with Crippen LogP contribution in [0.25, 0.3) is 11.1 Å². The van der Waals surface area contributed by atoms with Gasteiger partial charge >= 0.3 is 5.97 Å². The number of benzene rings is 2. The molecule has 0 unspecified atom stereocenters. The van der Waals surface area contributed by atoms with Crippen molar-refractivity contribution in [1.29, 1.82) is 0 Å². The molecule has 0 aliphatic carbocycles. The zero-order valence-electron chi connectivity index (χ0n) is 16.4. The predicted octanol–water partition coefficient (Wildman–Crippen LogP) is 4.21. The molecule has 0 fully saturated rings. The number of carbonyl (C=O) groups is 1. The van der Waals surface area contributed by atoms with E-state index in [1.807, 2.05) is 0 Å².